The zero-order valence-corrected chi connectivity index (χ0v) is 13.7. The Morgan fingerprint density at radius 2 is 2.21 bits per heavy atom. The molecule has 0 amide bonds. The largest absolute Gasteiger partial charge is 0.469 e. The predicted molar refractivity (Wildman–Crippen MR) is 82.5 cm³/mol. The molecule has 1 saturated carbocycles. The van der Waals surface area contributed by atoms with Crippen molar-refractivity contribution in [3.8, 4) is 11.5 Å². The van der Waals surface area contributed by atoms with Gasteiger partial charge < -0.3 is 8.83 Å². The van der Waals surface area contributed by atoms with E-state index in [2.05, 4.69) is 20.0 Å². The van der Waals surface area contributed by atoms with Crippen molar-refractivity contribution in [2.75, 3.05) is 4.72 Å². The molecular weight excluding hydrogens is 334 g/mol. The molecule has 126 valence electrons. The van der Waals surface area contributed by atoms with Crippen LogP contribution in [0.25, 0.3) is 11.5 Å². The predicted octanol–water partition coefficient (Wildman–Crippen LogP) is 2.05. The van der Waals surface area contributed by atoms with Gasteiger partial charge in [0.05, 0.1) is 18.0 Å². The first kappa shape index (κ1) is 14.9. The topological polar surface area (TPSA) is 116 Å². The summed E-state index contributed by atoms with van der Waals surface area (Å²) >= 11 is 0. The summed E-state index contributed by atoms with van der Waals surface area (Å²) in [7, 11) is -3.83. The number of furan rings is 1. The molecule has 0 radical (unpaired) electrons. The highest BCUT2D eigenvalue weighted by Crippen LogP contribution is 2.30. The second-order valence-corrected chi connectivity index (χ2v) is 7.43. The van der Waals surface area contributed by atoms with Gasteiger partial charge in [0, 0.05) is 12.7 Å². The summed E-state index contributed by atoms with van der Waals surface area (Å²) in [6, 6.07) is 1.46. The first-order valence-corrected chi connectivity index (χ1v) is 8.93. The van der Waals surface area contributed by atoms with Crippen LogP contribution >= 0.6 is 0 Å². The first-order valence-electron chi connectivity index (χ1n) is 7.44. The Kier molecular flexibility index (Phi) is 3.41. The second-order valence-electron chi connectivity index (χ2n) is 5.75. The van der Waals surface area contributed by atoms with Crippen molar-refractivity contribution in [1.82, 2.24) is 20.0 Å². The molecule has 0 spiro atoms. The fraction of sp³-hybridized carbons (Fsp3) is 0.357. The molecule has 0 atom stereocenters. The van der Waals surface area contributed by atoms with Crippen LogP contribution in [0.2, 0.25) is 0 Å². The Hall–Kier alpha value is -2.62. The molecule has 0 bridgehead atoms. The number of nitrogens with zero attached hydrogens (tertiary/aromatic N) is 4. The van der Waals surface area contributed by atoms with Crippen LogP contribution in [0.4, 0.5) is 6.01 Å². The average molecular weight is 349 g/mol. The smallest absolute Gasteiger partial charge is 0.330 e. The highest BCUT2D eigenvalue weighted by atomic mass is 32.2. The fourth-order valence-corrected chi connectivity index (χ4v) is 3.18. The highest BCUT2D eigenvalue weighted by Gasteiger charge is 2.24. The number of aryl methyl sites for hydroxylation is 1. The van der Waals surface area contributed by atoms with E-state index in [4.69, 9.17) is 8.83 Å². The van der Waals surface area contributed by atoms with Gasteiger partial charge in [-0.15, -0.1) is 5.10 Å². The normalized spacial score (nSPS) is 14.9. The minimum absolute atomic E-state index is 0.0578. The Labute approximate surface area is 137 Å². The van der Waals surface area contributed by atoms with Crippen LogP contribution < -0.4 is 4.72 Å². The lowest BCUT2D eigenvalue weighted by atomic mass is 10.3. The minimum atomic E-state index is -3.83. The summed E-state index contributed by atoms with van der Waals surface area (Å²) in [4.78, 5) is 0.0578. The van der Waals surface area contributed by atoms with Crippen LogP contribution in [0.1, 0.15) is 18.6 Å². The summed E-state index contributed by atoms with van der Waals surface area (Å²) in [6.07, 6.45) is 6.63. The van der Waals surface area contributed by atoms with Crippen LogP contribution in [-0.2, 0) is 16.6 Å². The van der Waals surface area contributed by atoms with Crippen molar-refractivity contribution >= 4 is 16.0 Å². The van der Waals surface area contributed by atoms with E-state index in [1.807, 2.05) is 0 Å². The number of hydrogen-bond donors (Lipinski definition) is 1. The van der Waals surface area contributed by atoms with E-state index in [1.165, 1.54) is 31.5 Å². The van der Waals surface area contributed by atoms with E-state index in [0.29, 0.717) is 17.2 Å². The third-order valence-corrected chi connectivity index (χ3v) is 5.07. The van der Waals surface area contributed by atoms with Crippen LogP contribution in [0, 0.1) is 12.8 Å². The van der Waals surface area contributed by atoms with Gasteiger partial charge in [-0.2, -0.15) is 5.10 Å². The molecule has 24 heavy (non-hydrogen) atoms. The number of nitrogens with one attached hydrogen (secondary N) is 1. The maximum absolute atomic E-state index is 12.4. The van der Waals surface area contributed by atoms with E-state index in [-0.39, 0.29) is 16.8 Å². The minimum Gasteiger partial charge on any atom is -0.469 e. The molecule has 3 aromatic rings. The standard InChI is InChI=1S/C14H15N5O4S/c1-9-12(4-5-22-9)13-16-17-14(23-13)18-24(20,21)11-6-15-19(8-11)7-10-2-3-10/h4-6,8,10H,2-3,7H2,1H3,(H,17,18). The Morgan fingerprint density at radius 3 is 2.92 bits per heavy atom. The Balaban J connectivity index is 1.52. The van der Waals surface area contributed by atoms with Gasteiger partial charge in [0.15, 0.2) is 0 Å². The third kappa shape index (κ3) is 2.92. The van der Waals surface area contributed by atoms with E-state index in [0.717, 1.165) is 6.54 Å². The van der Waals surface area contributed by atoms with Gasteiger partial charge in [-0.05, 0) is 31.7 Å². The van der Waals surface area contributed by atoms with Gasteiger partial charge >= 0.3 is 6.01 Å². The first-order chi connectivity index (χ1) is 11.5. The molecule has 3 heterocycles. The van der Waals surface area contributed by atoms with Crippen molar-refractivity contribution in [2.45, 2.75) is 31.2 Å². The monoisotopic (exact) mass is 349 g/mol. The maximum atomic E-state index is 12.4. The van der Waals surface area contributed by atoms with Crippen LogP contribution in [0.3, 0.4) is 0 Å². The summed E-state index contributed by atoms with van der Waals surface area (Å²) in [5, 5.41) is 11.6. The molecular formula is C14H15N5O4S. The molecule has 0 unspecified atom stereocenters. The van der Waals surface area contributed by atoms with Gasteiger partial charge in [0.25, 0.3) is 15.9 Å². The molecule has 3 aromatic heterocycles. The van der Waals surface area contributed by atoms with Gasteiger partial charge in [-0.3, -0.25) is 4.68 Å². The molecule has 4 rings (SSSR count). The number of aromatic nitrogens is 4. The Morgan fingerprint density at radius 1 is 1.38 bits per heavy atom. The van der Waals surface area contributed by atoms with E-state index >= 15 is 0 Å². The molecule has 0 aromatic carbocycles. The lowest BCUT2D eigenvalue weighted by Gasteiger charge is -2.00. The van der Waals surface area contributed by atoms with Gasteiger partial charge in [-0.25, -0.2) is 13.1 Å². The summed E-state index contributed by atoms with van der Waals surface area (Å²) in [5.74, 6) is 1.39. The van der Waals surface area contributed by atoms with Crippen molar-refractivity contribution < 1.29 is 17.3 Å². The second kappa shape index (κ2) is 5.48. The van der Waals surface area contributed by atoms with Gasteiger partial charge in [-0.1, -0.05) is 5.10 Å². The van der Waals surface area contributed by atoms with Crippen molar-refractivity contribution in [3.63, 3.8) is 0 Å². The SMILES string of the molecule is Cc1occc1-c1nnc(NS(=O)(=O)c2cnn(CC3CC3)c2)o1. The van der Waals surface area contributed by atoms with E-state index in [1.54, 1.807) is 17.7 Å². The fourth-order valence-electron chi connectivity index (χ4n) is 2.30. The Bertz CT molecular complexity index is 967. The third-order valence-electron chi connectivity index (χ3n) is 3.80. The van der Waals surface area contributed by atoms with Crippen molar-refractivity contribution in [1.29, 1.82) is 0 Å². The van der Waals surface area contributed by atoms with Crippen molar-refractivity contribution in [2.24, 2.45) is 5.92 Å². The molecule has 9 nitrogen and oxygen atoms in total. The summed E-state index contributed by atoms with van der Waals surface area (Å²) < 4.78 is 39.2. The maximum Gasteiger partial charge on any atom is 0.330 e. The van der Waals surface area contributed by atoms with Crippen LogP contribution in [0.15, 0.2) is 38.5 Å². The number of anilines is 1. The summed E-state index contributed by atoms with van der Waals surface area (Å²) in [5.41, 5.74) is 0.616. The number of rotatable bonds is 6. The highest BCUT2D eigenvalue weighted by molar-refractivity contribution is 7.92. The van der Waals surface area contributed by atoms with Crippen LogP contribution in [-0.4, -0.2) is 28.4 Å². The van der Waals surface area contributed by atoms with Crippen molar-refractivity contribution in [3.05, 3.63) is 30.5 Å². The molecule has 10 heteroatoms. The molecule has 1 fully saturated rings. The summed E-state index contributed by atoms with van der Waals surface area (Å²) in [6.45, 7) is 2.48. The zero-order valence-electron chi connectivity index (χ0n) is 12.8. The number of hydrogen-bond acceptors (Lipinski definition) is 7. The van der Waals surface area contributed by atoms with Gasteiger partial charge in [0.2, 0.25) is 0 Å². The van der Waals surface area contributed by atoms with Crippen LogP contribution in [0.5, 0.6) is 0 Å². The van der Waals surface area contributed by atoms with E-state index in [9.17, 15) is 8.42 Å². The zero-order chi connectivity index (χ0) is 16.7. The molecule has 1 N–H and O–H groups in total. The lowest BCUT2D eigenvalue weighted by Crippen LogP contribution is -2.12. The lowest BCUT2D eigenvalue weighted by molar-refractivity contribution is 0.531. The van der Waals surface area contributed by atoms with Gasteiger partial charge in [0.1, 0.15) is 10.7 Å². The average Bonchev–Trinajstić information content (AvgIpc) is 2.92. The molecule has 1 aliphatic carbocycles. The molecule has 0 saturated heterocycles. The quantitative estimate of drug-likeness (QED) is 0.724. The molecule has 1 aliphatic rings. The number of sulfonamides is 1. The van der Waals surface area contributed by atoms with E-state index < -0.39 is 10.0 Å². The molecule has 0 aliphatic heterocycles.